The van der Waals surface area contributed by atoms with E-state index in [0.29, 0.717) is 18.7 Å². The van der Waals surface area contributed by atoms with Crippen molar-refractivity contribution in [1.29, 1.82) is 0 Å². The molecule has 0 unspecified atom stereocenters. The van der Waals surface area contributed by atoms with Gasteiger partial charge < -0.3 is 15.3 Å². The van der Waals surface area contributed by atoms with Crippen LogP contribution in [0.1, 0.15) is 24.5 Å². The van der Waals surface area contributed by atoms with E-state index in [0.717, 1.165) is 11.1 Å². The van der Waals surface area contributed by atoms with Gasteiger partial charge in [0, 0.05) is 32.6 Å². The minimum atomic E-state index is -0.129. The summed E-state index contributed by atoms with van der Waals surface area (Å²) in [4.78, 5) is 25.2. The van der Waals surface area contributed by atoms with Crippen LogP contribution in [0.3, 0.4) is 0 Å². The quantitative estimate of drug-likeness (QED) is 0.857. The largest absolute Gasteiger partial charge is 0.508 e. The molecule has 0 saturated carbocycles. The summed E-state index contributed by atoms with van der Waals surface area (Å²) in [7, 11) is 1.72. The Labute approximate surface area is 141 Å². The highest BCUT2D eigenvalue weighted by Crippen LogP contribution is 2.19. The lowest BCUT2D eigenvalue weighted by atomic mass is 10.1. The van der Waals surface area contributed by atoms with Crippen LogP contribution in [0.5, 0.6) is 5.75 Å². The third-order valence-electron chi connectivity index (χ3n) is 3.85. The molecule has 2 amide bonds. The van der Waals surface area contributed by atoms with Crippen molar-refractivity contribution in [1.82, 2.24) is 4.90 Å². The number of benzene rings is 2. The number of anilines is 1. The Morgan fingerprint density at radius 3 is 2.33 bits per heavy atom. The summed E-state index contributed by atoms with van der Waals surface area (Å²) in [6.45, 7) is 1.94. The predicted octanol–water partition coefficient (Wildman–Crippen LogP) is 2.94. The second-order valence-corrected chi connectivity index (χ2v) is 5.71. The van der Waals surface area contributed by atoms with Crippen molar-refractivity contribution in [3.05, 3.63) is 59.7 Å². The Morgan fingerprint density at radius 1 is 1.04 bits per heavy atom. The van der Waals surface area contributed by atoms with E-state index < -0.39 is 0 Å². The number of aromatic hydroxyl groups is 1. The lowest BCUT2D eigenvalue weighted by Gasteiger charge is -2.18. The lowest BCUT2D eigenvalue weighted by Crippen LogP contribution is -2.24. The molecule has 0 bridgehead atoms. The summed E-state index contributed by atoms with van der Waals surface area (Å²) in [6.07, 6.45) is 0.739. The molecular weight excluding hydrogens is 304 g/mol. The van der Waals surface area contributed by atoms with Crippen LogP contribution in [-0.2, 0) is 22.6 Å². The number of hydrogen-bond acceptors (Lipinski definition) is 3. The van der Waals surface area contributed by atoms with E-state index in [1.165, 1.54) is 6.92 Å². The van der Waals surface area contributed by atoms with Crippen molar-refractivity contribution >= 4 is 17.5 Å². The standard InChI is InChI=1S/C19H22N2O3/c1-14(22)21(2)13-16-8-3-5-9-17(16)20-19(24)12-11-15-7-4-6-10-18(15)23/h3-10,23H,11-13H2,1-2H3,(H,20,24). The van der Waals surface area contributed by atoms with Crippen molar-refractivity contribution in [2.75, 3.05) is 12.4 Å². The van der Waals surface area contributed by atoms with Crippen LogP contribution in [0.15, 0.2) is 48.5 Å². The smallest absolute Gasteiger partial charge is 0.224 e. The summed E-state index contributed by atoms with van der Waals surface area (Å²) in [5.41, 5.74) is 2.33. The molecule has 0 atom stereocenters. The summed E-state index contributed by atoms with van der Waals surface area (Å²) < 4.78 is 0. The Hall–Kier alpha value is -2.82. The summed E-state index contributed by atoms with van der Waals surface area (Å²) in [5, 5.41) is 12.6. The molecule has 0 aliphatic carbocycles. The molecule has 2 aromatic carbocycles. The van der Waals surface area contributed by atoms with E-state index in [4.69, 9.17) is 0 Å². The van der Waals surface area contributed by atoms with Gasteiger partial charge in [-0.2, -0.15) is 0 Å². The van der Waals surface area contributed by atoms with Gasteiger partial charge >= 0.3 is 0 Å². The second-order valence-electron chi connectivity index (χ2n) is 5.71. The number of hydrogen-bond donors (Lipinski definition) is 2. The number of aryl methyl sites for hydroxylation is 1. The molecule has 0 aliphatic rings. The van der Waals surface area contributed by atoms with Crippen LogP contribution in [0.25, 0.3) is 0 Å². The average Bonchev–Trinajstić information content (AvgIpc) is 2.55. The molecule has 2 aromatic rings. The molecule has 0 radical (unpaired) electrons. The number of carbonyl (C=O) groups is 2. The van der Waals surface area contributed by atoms with E-state index in [1.54, 1.807) is 30.1 Å². The van der Waals surface area contributed by atoms with Gasteiger partial charge in [-0.05, 0) is 29.7 Å². The van der Waals surface area contributed by atoms with Crippen LogP contribution in [0.2, 0.25) is 0 Å². The maximum Gasteiger partial charge on any atom is 0.224 e. The van der Waals surface area contributed by atoms with E-state index in [2.05, 4.69) is 5.32 Å². The van der Waals surface area contributed by atoms with Crippen LogP contribution in [0, 0.1) is 0 Å². The van der Waals surface area contributed by atoms with Crippen molar-refractivity contribution < 1.29 is 14.7 Å². The van der Waals surface area contributed by atoms with Crippen molar-refractivity contribution in [2.24, 2.45) is 0 Å². The third-order valence-corrected chi connectivity index (χ3v) is 3.85. The zero-order chi connectivity index (χ0) is 17.5. The Bertz CT molecular complexity index is 728. The van der Waals surface area contributed by atoms with Gasteiger partial charge in [-0.1, -0.05) is 36.4 Å². The first-order valence-electron chi connectivity index (χ1n) is 7.83. The van der Waals surface area contributed by atoms with Gasteiger partial charge in [0.15, 0.2) is 0 Å². The number of amides is 2. The highest BCUT2D eigenvalue weighted by Gasteiger charge is 2.11. The van der Waals surface area contributed by atoms with Gasteiger partial charge in [0.05, 0.1) is 0 Å². The van der Waals surface area contributed by atoms with Gasteiger partial charge in [-0.3, -0.25) is 9.59 Å². The topological polar surface area (TPSA) is 69.6 Å². The number of carbonyl (C=O) groups excluding carboxylic acids is 2. The molecule has 0 saturated heterocycles. The fourth-order valence-corrected chi connectivity index (χ4v) is 2.33. The molecule has 0 heterocycles. The molecule has 0 spiro atoms. The molecule has 126 valence electrons. The van der Waals surface area contributed by atoms with Crippen LogP contribution in [-0.4, -0.2) is 28.9 Å². The van der Waals surface area contributed by atoms with Crippen molar-refractivity contribution in [3.63, 3.8) is 0 Å². The number of phenolic OH excluding ortho intramolecular Hbond substituents is 1. The van der Waals surface area contributed by atoms with Crippen molar-refractivity contribution in [2.45, 2.75) is 26.3 Å². The molecule has 0 aromatic heterocycles. The number of nitrogens with one attached hydrogen (secondary N) is 1. The Kier molecular flexibility index (Phi) is 5.95. The maximum absolute atomic E-state index is 12.2. The normalized spacial score (nSPS) is 10.2. The number of rotatable bonds is 6. The zero-order valence-electron chi connectivity index (χ0n) is 14.0. The minimum Gasteiger partial charge on any atom is -0.508 e. The van der Waals surface area contributed by atoms with Gasteiger partial charge in [0.2, 0.25) is 11.8 Å². The molecular formula is C19H22N2O3. The fraction of sp³-hybridized carbons (Fsp3) is 0.263. The SMILES string of the molecule is CC(=O)N(C)Cc1ccccc1NC(=O)CCc1ccccc1O. The Balaban J connectivity index is 1.99. The molecule has 2 N–H and O–H groups in total. The first-order valence-corrected chi connectivity index (χ1v) is 7.83. The molecule has 0 fully saturated rings. The fourth-order valence-electron chi connectivity index (χ4n) is 2.33. The van der Waals surface area contributed by atoms with E-state index in [1.807, 2.05) is 30.3 Å². The third kappa shape index (κ3) is 4.84. The van der Waals surface area contributed by atoms with E-state index >= 15 is 0 Å². The molecule has 5 heteroatoms. The van der Waals surface area contributed by atoms with Gasteiger partial charge in [-0.25, -0.2) is 0 Å². The minimum absolute atomic E-state index is 0.0318. The highest BCUT2D eigenvalue weighted by atomic mass is 16.3. The highest BCUT2D eigenvalue weighted by molar-refractivity contribution is 5.91. The number of nitrogens with zero attached hydrogens (tertiary/aromatic N) is 1. The molecule has 2 rings (SSSR count). The predicted molar refractivity (Wildman–Crippen MR) is 93.6 cm³/mol. The zero-order valence-corrected chi connectivity index (χ0v) is 14.0. The van der Waals surface area contributed by atoms with Crippen molar-refractivity contribution in [3.8, 4) is 5.75 Å². The van der Waals surface area contributed by atoms with Gasteiger partial charge in [0.1, 0.15) is 5.75 Å². The first-order chi connectivity index (χ1) is 11.5. The molecule has 24 heavy (non-hydrogen) atoms. The van der Waals surface area contributed by atoms with E-state index in [9.17, 15) is 14.7 Å². The molecule has 5 nitrogen and oxygen atoms in total. The van der Waals surface area contributed by atoms with Gasteiger partial charge in [0.25, 0.3) is 0 Å². The first kappa shape index (κ1) is 17.5. The maximum atomic E-state index is 12.2. The summed E-state index contributed by atoms with van der Waals surface area (Å²) in [5.74, 6) is 0.0423. The average molecular weight is 326 g/mol. The van der Waals surface area contributed by atoms with E-state index in [-0.39, 0.29) is 24.0 Å². The van der Waals surface area contributed by atoms with Crippen LogP contribution < -0.4 is 5.32 Å². The molecule has 0 aliphatic heterocycles. The lowest BCUT2D eigenvalue weighted by molar-refractivity contribution is -0.128. The second kappa shape index (κ2) is 8.15. The summed E-state index contributed by atoms with van der Waals surface area (Å²) >= 11 is 0. The van der Waals surface area contributed by atoms with Gasteiger partial charge in [-0.15, -0.1) is 0 Å². The monoisotopic (exact) mass is 326 g/mol. The summed E-state index contributed by atoms with van der Waals surface area (Å²) in [6, 6.07) is 14.4. The van der Waals surface area contributed by atoms with Crippen LogP contribution in [0.4, 0.5) is 5.69 Å². The number of phenols is 1. The Morgan fingerprint density at radius 2 is 1.67 bits per heavy atom. The van der Waals surface area contributed by atoms with Crippen LogP contribution >= 0.6 is 0 Å². The number of para-hydroxylation sites is 2.